The predicted molar refractivity (Wildman–Crippen MR) is 85.4 cm³/mol. The number of hydrogen-bond donors (Lipinski definition) is 0. The fourth-order valence-corrected chi connectivity index (χ4v) is 3.50. The Labute approximate surface area is 140 Å². The Morgan fingerprint density at radius 2 is 2.13 bits per heavy atom. The summed E-state index contributed by atoms with van der Waals surface area (Å²) in [6, 6.07) is 5.18. The lowest BCUT2D eigenvalue weighted by atomic mass is 10.1. The molecule has 0 spiro atoms. The lowest BCUT2D eigenvalue weighted by Gasteiger charge is -2.21. The molecule has 0 N–H and O–H groups in total. The summed E-state index contributed by atoms with van der Waals surface area (Å²) >= 11 is 3.28. The average Bonchev–Trinajstić information content (AvgIpc) is 3.01. The molecule has 1 fully saturated rings. The SMILES string of the molecule is C[C@H]1CCCN1C(=O)c1cn(CC(F)(F)F)c2cc(Br)ccc12. The van der Waals surface area contributed by atoms with Crippen LogP contribution in [-0.2, 0) is 6.54 Å². The molecule has 1 amide bonds. The van der Waals surface area contributed by atoms with Crippen LogP contribution in [0.15, 0.2) is 28.9 Å². The quantitative estimate of drug-likeness (QED) is 0.738. The van der Waals surface area contributed by atoms with Gasteiger partial charge in [0.05, 0.1) is 11.1 Å². The molecule has 1 atom stereocenters. The Kier molecular flexibility index (Phi) is 4.16. The number of hydrogen-bond acceptors (Lipinski definition) is 1. The second kappa shape index (κ2) is 5.85. The first-order chi connectivity index (χ1) is 10.8. The highest BCUT2D eigenvalue weighted by atomic mass is 79.9. The Balaban J connectivity index is 2.08. The molecule has 0 unspecified atom stereocenters. The number of alkyl halides is 3. The summed E-state index contributed by atoms with van der Waals surface area (Å²) in [5, 5.41) is 0.557. The predicted octanol–water partition coefficient (Wildman–Crippen LogP) is 4.59. The maximum Gasteiger partial charge on any atom is 0.406 e. The Hall–Kier alpha value is -1.50. The number of halogens is 4. The van der Waals surface area contributed by atoms with Gasteiger partial charge in [-0.05, 0) is 31.9 Å². The van der Waals surface area contributed by atoms with Crippen molar-refractivity contribution in [2.24, 2.45) is 0 Å². The monoisotopic (exact) mass is 388 g/mol. The van der Waals surface area contributed by atoms with Gasteiger partial charge in [-0.1, -0.05) is 22.0 Å². The number of aromatic nitrogens is 1. The molecule has 124 valence electrons. The third-order valence-electron chi connectivity index (χ3n) is 4.24. The molecule has 0 bridgehead atoms. The highest BCUT2D eigenvalue weighted by Gasteiger charge is 2.32. The van der Waals surface area contributed by atoms with Crippen molar-refractivity contribution in [3.8, 4) is 0 Å². The zero-order chi connectivity index (χ0) is 16.8. The number of amides is 1. The number of carbonyl (C=O) groups excluding carboxylic acids is 1. The van der Waals surface area contributed by atoms with E-state index in [0.717, 1.165) is 17.4 Å². The van der Waals surface area contributed by atoms with Crippen LogP contribution in [0.3, 0.4) is 0 Å². The molecule has 2 aromatic rings. The summed E-state index contributed by atoms with van der Waals surface area (Å²) in [5.41, 5.74) is 0.748. The van der Waals surface area contributed by atoms with Crippen molar-refractivity contribution < 1.29 is 18.0 Å². The molecule has 0 aliphatic carbocycles. The van der Waals surface area contributed by atoms with Gasteiger partial charge in [0, 0.05) is 28.6 Å². The first-order valence-electron chi connectivity index (χ1n) is 7.42. The van der Waals surface area contributed by atoms with Gasteiger partial charge >= 0.3 is 6.18 Å². The molecule has 3 rings (SSSR count). The molecule has 0 radical (unpaired) electrons. The lowest BCUT2D eigenvalue weighted by molar-refractivity contribution is -0.139. The molecule has 23 heavy (non-hydrogen) atoms. The van der Waals surface area contributed by atoms with Crippen molar-refractivity contribution in [2.45, 2.75) is 38.5 Å². The molecular formula is C16H16BrF3N2O. The van der Waals surface area contributed by atoms with E-state index in [2.05, 4.69) is 15.9 Å². The number of benzene rings is 1. The van der Waals surface area contributed by atoms with Crippen LogP contribution in [0.1, 0.15) is 30.1 Å². The molecule has 1 aliphatic heterocycles. The van der Waals surface area contributed by atoms with E-state index in [9.17, 15) is 18.0 Å². The molecule has 1 aromatic carbocycles. The van der Waals surface area contributed by atoms with Crippen LogP contribution in [0.2, 0.25) is 0 Å². The maximum absolute atomic E-state index is 12.8. The molecule has 7 heteroatoms. The summed E-state index contributed by atoms with van der Waals surface area (Å²) < 4.78 is 40.2. The number of nitrogens with zero attached hydrogens (tertiary/aromatic N) is 2. The summed E-state index contributed by atoms with van der Waals surface area (Å²) in [7, 11) is 0. The molecule has 1 aromatic heterocycles. The van der Waals surface area contributed by atoms with Crippen LogP contribution in [0.25, 0.3) is 10.9 Å². The van der Waals surface area contributed by atoms with E-state index in [1.165, 1.54) is 6.20 Å². The van der Waals surface area contributed by atoms with Gasteiger partial charge in [-0.25, -0.2) is 0 Å². The Bertz CT molecular complexity index is 754. The van der Waals surface area contributed by atoms with Crippen molar-refractivity contribution in [2.75, 3.05) is 6.54 Å². The van der Waals surface area contributed by atoms with Gasteiger partial charge in [0.15, 0.2) is 0 Å². The van der Waals surface area contributed by atoms with Crippen LogP contribution in [0, 0.1) is 0 Å². The summed E-state index contributed by atoms with van der Waals surface area (Å²) in [6.45, 7) is 1.52. The van der Waals surface area contributed by atoms with Gasteiger partial charge in [-0.15, -0.1) is 0 Å². The van der Waals surface area contributed by atoms with Gasteiger partial charge in [0.2, 0.25) is 0 Å². The van der Waals surface area contributed by atoms with Crippen LogP contribution in [0.4, 0.5) is 13.2 Å². The Morgan fingerprint density at radius 3 is 2.74 bits per heavy atom. The largest absolute Gasteiger partial charge is 0.406 e. The van der Waals surface area contributed by atoms with Crippen molar-refractivity contribution in [3.63, 3.8) is 0 Å². The number of rotatable bonds is 2. The molecular weight excluding hydrogens is 373 g/mol. The van der Waals surface area contributed by atoms with E-state index in [4.69, 9.17) is 0 Å². The van der Waals surface area contributed by atoms with Crippen molar-refractivity contribution in [3.05, 3.63) is 34.4 Å². The van der Waals surface area contributed by atoms with E-state index in [1.54, 1.807) is 23.1 Å². The minimum absolute atomic E-state index is 0.124. The lowest BCUT2D eigenvalue weighted by Crippen LogP contribution is -2.33. The summed E-state index contributed by atoms with van der Waals surface area (Å²) in [5.74, 6) is -0.191. The Morgan fingerprint density at radius 1 is 1.39 bits per heavy atom. The van der Waals surface area contributed by atoms with Gasteiger partial charge in [0.1, 0.15) is 6.54 Å². The molecule has 1 aliphatic rings. The van der Waals surface area contributed by atoms with E-state index in [1.807, 2.05) is 6.92 Å². The van der Waals surface area contributed by atoms with Crippen LogP contribution in [-0.4, -0.2) is 34.1 Å². The van der Waals surface area contributed by atoms with Gasteiger partial charge in [-0.2, -0.15) is 13.2 Å². The van der Waals surface area contributed by atoms with Crippen LogP contribution >= 0.6 is 15.9 Å². The van der Waals surface area contributed by atoms with Crippen LogP contribution < -0.4 is 0 Å². The number of fused-ring (bicyclic) bond motifs is 1. The topological polar surface area (TPSA) is 25.2 Å². The van der Waals surface area contributed by atoms with Crippen LogP contribution in [0.5, 0.6) is 0 Å². The van der Waals surface area contributed by atoms with Crippen molar-refractivity contribution >= 4 is 32.7 Å². The first kappa shape index (κ1) is 16.4. The normalized spacial score (nSPS) is 18.8. The maximum atomic E-state index is 12.8. The number of likely N-dealkylation sites (tertiary alicyclic amines) is 1. The van der Waals surface area contributed by atoms with Crippen molar-refractivity contribution in [1.82, 2.24) is 9.47 Å². The van der Waals surface area contributed by atoms with Gasteiger partial charge in [0.25, 0.3) is 5.91 Å². The fraction of sp³-hybridized carbons (Fsp3) is 0.438. The summed E-state index contributed by atoms with van der Waals surface area (Å²) in [6.07, 6.45) is -1.15. The molecule has 3 nitrogen and oxygen atoms in total. The minimum atomic E-state index is -4.34. The second-order valence-corrected chi connectivity index (χ2v) is 6.85. The van der Waals surface area contributed by atoms with Gasteiger partial charge < -0.3 is 9.47 Å². The van der Waals surface area contributed by atoms with Crippen molar-refractivity contribution in [1.29, 1.82) is 0 Å². The van der Waals surface area contributed by atoms with E-state index in [-0.39, 0.29) is 11.9 Å². The third-order valence-corrected chi connectivity index (χ3v) is 4.73. The zero-order valence-electron chi connectivity index (χ0n) is 12.5. The average molecular weight is 389 g/mol. The van der Waals surface area contributed by atoms with Gasteiger partial charge in [-0.3, -0.25) is 4.79 Å². The highest BCUT2D eigenvalue weighted by molar-refractivity contribution is 9.10. The molecule has 2 heterocycles. The van der Waals surface area contributed by atoms with E-state index in [0.29, 0.717) is 27.5 Å². The fourth-order valence-electron chi connectivity index (χ4n) is 3.15. The van der Waals surface area contributed by atoms with E-state index >= 15 is 0 Å². The zero-order valence-corrected chi connectivity index (χ0v) is 14.1. The summed E-state index contributed by atoms with van der Waals surface area (Å²) in [4.78, 5) is 14.5. The molecule has 0 saturated carbocycles. The minimum Gasteiger partial charge on any atom is -0.337 e. The number of carbonyl (C=O) groups is 1. The highest BCUT2D eigenvalue weighted by Crippen LogP contribution is 2.30. The first-order valence-corrected chi connectivity index (χ1v) is 8.21. The smallest absolute Gasteiger partial charge is 0.337 e. The molecule has 1 saturated heterocycles. The second-order valence-electron chi connectivity index (χ2n) is 5.94. The third kappa shape index (κ3) is 3.24. The van der Waals surface area contributed by atoms with E-state index < -0.39 is 12.7 Å². The standard InChI is InChI=1S/C16H16BrF3N2O/c1-10-3-2-6-22(10)15(23)13-8-21(9-16(18,19)20)14-7-11(17)4-5-12(13)14/h4-5,7-8,10H,2-3,6,9H2,1H3/t10-/m0/s1.